The number of nitrogens with zero attached hydrogens (tertiary/aromatic N) is 2. The first kappa shape index (κ1) is 10.2. The van der Waals surface area contributed by atoms with E-state index in [-0.39, 0.29) is 5.78 Å². The number of rotatable bonds is 2. The van der Waals surface area contributed by atoms with Gasteiger partial charge in [0.05, 0.1) is 12.1 Å². The zero-order valence-corrected chi connectivity index (χ0v) is 9.78. The van der Waals surface area contributed by atoms with Crippen molar-refractivity contribution in [3.63, 3.8) is 0 Å². The molecule has 0 aromatic carbocycles. The monoisotopic (exact) mass is 267 g/mol. The number of anilines is 1. The van der Waals surface area contributed by atoms with Gasteiger partial charge in [-0.15, -0.1) is 0 Å². The molecule has 2 aromatic rings. The maximum absolute atomic E-state index is 11.1. The van der Waals surface area contributed by atoms with Gasteiger partial charge >= 0.3 is 0 Å². The van der Waals surface area contributed by atoms with Crippen LogP contribution in [0, 0.1) is 0 Å². The average Bonchev–Trinajstić information content (AvgIpc) is 2.44. The number of ketones is 1. The molecular weight excluding hydrogens is 258 g/mol. The van der Waals surface area contributed by atoms with Crippen molar-refractivity contribution in [2.45, 2.75) is 13.3 Å². The van der Waals surface area contributed by atoms with Gasteiger partial charge in [0.25, 0.3) is 0 Å². The molecule has 2 rings (SSSR count). The van der Waals surface area contributed by atoms with Crippen molar-refractivity contribution in [1.29, 1.82) is 0 Å². The molecule has 78 valence electrons. The molecule has 4 nitrogen and oxygen atoms in total. The molecule has 5 heteroatoms. The van der Waals surface area contributed by atoms with Crippen molar-refractivity contribution in [2.75, 3.05) is 5.73 Å². The molecule has 2 N–H and O–H groups in total. The summed E-state index contributed by atoms with van der Waals surface area (Å²) in [5.74, 6) is 0.786. The van der Waals surface area contributed by atoms with Crippen LogP contribution in [0.3, 0.4) is 0 Å². The largest absolute Gasteiger partial charge is 0.397 e. The Kier molecular flexibility index (Phi) is 2.48. The minimum absolute atomic E-state index is 0.0804. The second-order valence-corrected chi connectivity index (χ2v) is 4.13. The Morgan fingerprint density at radius 2 is 2.40 bits per heavy atom. The first-order valence-corrected chi connectivity index (χ1v) is 5.29. The molecule has 0 spiro atoms. The van der Waals surface area contributed by atoms with Crippen molar-refractivity contribution in [3.8, 4) is 0 Å². The third-order valence-corrected chi connectivity index (χ3v) is 2.69. The number of carbonyl (C=O) groups excluding carboxylic acids is 1. The number of pyridine rings is 1. The highest BCUT2D eigenvalue weighted by atomic mass is 79.9. The lowest BCUT2D eigenvalue weighted by Crippen LogP contribution is -2.02. The third kappa shape index (κ3) is 1.74. The summed E-state index contributed by atoms with van der Waals surface area (Å²) in [7, 11) is 0. The summed E-state index contributed by atoms with van der Waals surface area (Å²) in [6, 6.07) is 3.64. The van der Waals surface area contributed by atoms with Crippen molar-refractivity contribution in [3.05, 3.63) is 28.8 Å². The fraction of sp³-hybridized carbons (Fsp3) is 0.200. The molecule has 2 heterocycles. The molecule has 2 aromatic heterocycles. The van der Waals surface area contributed by atoms with Gasteiger partial charge in [-0.1, -0.05) is 0 Å². The SMILES string of the molecule is CC(=O)Cc1nc(Br)c2c(N)cccn12. The summed E-state index contributed by atoms with van der Waals surface area (Å²) in [6.45, 7) is 1.54. The summed E-state index contributed by atoms with van der Waals surface area (Å²) >= 11 is 3.34. The van der Waals surface area contributed by atoms with Crippen LogP contribution in [0.1, 0.15) is 12.7 Å². The first-order chi connectivity index (χ1) is 7.09. The first-order valence-electron chi connectivity index (χ1n) is 4.50. The standard InChI is InChI=1S/C10H10BrN3O/c1-6(15)5-8-13-10(11)9-7(12)3-2-4-14(8)9/h2-4H,5,12H2,1H3. The second kappa shape index (κ2) is 3.66. The molecule has 0 aliphatic rings. The molecule has 0 bridgehead atoms. The van der Waals surface area contributed by atoms with E-state index in [9.17, 15) is 4.79 Å². The highest BCUT2D eigenvalue weighted by Gasteiger charge is 2.12. The van der Waals surface area contributed by atoms with Crippen LogP contribution in [0.4, 0.5) is 5.69 Å². The van der Waals surface area contributed by atoms with Gasteiger partial charge in [0.15, 0.2) is 0 Å². The van der Waals surface area contributed by atoms with E-state index in [1.807, 2.05) is 16.7 Å². The van der Waals surface area contributed by atoms with Crippen LogP contribution in [0.2, 0.25) is 0 Å². The van der Waals surface area contributed by atoms with Gasteiger partial charge in [-0.3, -0.25) is 4.79 Å². The van der Waals surface area contributed by atoms with Gasteiger partial charge in [0.2, 0.25) is 0 Å². The average molecular weight is 268 g/mol. The molecular formula is C10H10BrN3O. The van der Waals surface area contributed by atoms with Gasteiger partial charge < -0.3 is 10.1 Å². The van der Waals surface area contributed by atoms with E-state index in [2.05, 4.69) is 20.9 Å². The fourth-order valence-corrected chi connectivity index (χ4v) is 2.15. The highest BCUT2D eigenvalue weighted by Crippen LogP contribution is 2.24. The van der Waals surface area contributed by atoms with E-state index in [0.29, 0.717) is 22.5 Å². The molecule has 0 aliphatic heterocycles. The van der Waals surface area contributed by atoms with Crippen LogP contribution in [-0.4, -0.2) is 15.2 Å². The van der Waals surface area contributed by atoms with Crippen LogP contribution in [0.15, 0.2) is 22.9 Å². The number of Topliss-reactive ketones (excluding diaryl/α,β-unsaturated/α-hetero) is 1. The lowest BCUT2D eigenvalue weighted by molar-refractivity contribution is -0.116. The molecule has 0 aliphatic carbocycles. The van der Waals surface area contributed by atoms with E-state index >= 15 is 0 Å². The fourth-order valence-electron chi connectivity index (χ4n) is 1.53. The summed E-state index contributed by atoms with van der Waals surface area (Å²) in [5.41, 5.74) is 7.28. The van der Waals surface area contributed by atoms with E-state index < -0.39 is 0 Å². The summed E-state index contributed by atoms with van der Waals surface area (Å²) in [5, 5.41) is 0. The lowest BCUT2D eigenvalue weighted by atomic mass is 10.3. The molecule has 0 radical (unpaired) electrons. The molecule has 0 atom stereocenters. The number of fused-ring (bicyclic) bond motifs is 1. The van der Waals surface area contributed by atoms with Crippen LogP contribution < -0.4 is 5.73 Å². The Bertz CT molecular complexity index is 533. The molecule has 0 saturated carbocycles. The van der Waals surface area contributed by atoms with Crippen LogP contribution in [0.5, 0.6) is 0 Å². The normalized spacial score (nSPS) is 10.8. The van der Waals surface area contributed by atoms with Crippen LogP contribution in [0.25, 0.3) is 5.52 Å². The minimum atomic E-state index is 0.0804. The Morgan fingerprint density at radius 1 is 1.67 bits per heavy atom. The predicted octanol–water partition coefficient (Wildman–Crippen LogP) is 1.81. The van der Waals surface area contributed by atoms with Crippen molar-refractivity contribution in [1.82, 2.24) is 9.38 Å². The third-order valence-electron chi connectivity index (χ3n) is 2.13. The molecule has 0 amide bonds. The Hall–Kier alpha value is -1.36. The van der Waals surface area contributed by atoms with E-state index in [1.165, 1.54) is 0 Å². The summed E-state index contributed by atoms with van der Waals surface area (Å²) in [6.07, 6.45) is 2.16. The predicted molar refractivity (Wildman–Crippen MR) is 61.7 cm³/mol. The van der Waals surface area contributed by atoms with Crippen molar-refractivity contribution < 1.29 is 4.79 Å². The maximum Gasteiger partial charge on any atom is 0.137 e. The Morgan fingerprint density at radius 3 is 3.07 bits per heavy atom. The number of halogens is 1. The topological polar surface area (TPSA) is 60.4 Å². The summed E-state index contributed by atoms with van der Waals surface area (Å²) in [4.78, 5) is 15.3. The number of nitrogens with two attached hydrogens (primary N) is 1. The van der Waals surface area contributed by atoms with Gasteiger partial charge in [0.1, 0.15) is 21.7 Å². The number of nitrogen functional groups attached to an aromatic ring is 1. The minimum Gasteiger partial charge on any atom is -0.397 e. The molecule has 0 fully saturated rings. The number of imidazole rings is 1. The van der Waals surface area contributed by atoms with Gasteiger partial charge in [-0.25, -0.2) is 4.98 Å². The van der Waals surface area contributed by atoms with E-state index in [4.69, 9.17) is 5.73 Å². The van der Waals surface area contributed by atoms with Gasteiger partial charge in [0, 0.05) is 6.20 Å². The lowest BCUT2D eigenvalue weighted by Gasteiger charge is -2.00. The van der Waals surface area contributed by atoms with Gasteiger partial charge in [-0.2, -0.15) is 0 Å². The number of hydrogen-bond donors (Lipinski definition) is 1. The Labute approximate surface area is 95.2 Å². The molecule has 0 unspecified atom stereocenters. The number of carbonyl (C=O) groups is 1. The van der Waals surface area contributed by atoms with E-state index in [0.717, 1.165) is 5.52 Å². The zero-order chi connectivity index (χ0) is 11.0. The quantitative estimate of drug-likeness (QED) is 0.903. The Balaban J connectivity index is 2.68. The molecule has 0 saturated heterocycles. The van der Waals surface area contributed by atoms with Crippen molar-refractivity contribution >= 4 is 32.9 Å². The maximum atomic E-state index is 11.1. The molecule has 15 heavy (non-hydrogen) atoms. The van der Waals surface area contributed by atoms with Crippen LogP contribution >= 0.6 is 15.9 Å². The zero-order valence-electron chi connectivity index (χ0n) is 8.20. The van der Waals surface area contributed by atoms with Crippen molar-refractivity contribution in [2.24, 2.45) is 0 Å². The highest BCUT2D eigenvalue weighted by molar-refractivity contribution is 9.10. The smallest absolute Gasteiger partial charge is 0.137 e. The number of aromatic nitrogens is 2. The van der Waals surface area contributed by atoms with E-state index in [1.54, 1.807) is 13.0 Å². The van der Waals surface area contributed by atoms with Gasteiger partial charge in [-0.05, 0) is 35.0 Å². The number of hydrogen-bond acceptors (Lipinski definition) is 3. The second-order valence-electron chi connectivity index (χ2n) is 3.38. The van der Waals surface area contributed by atoms with Crippen LogP contribution in [-0.2, 0) is 11.2 Å². The summed E-state index contributed by atoms with van der Waals surface area (Å²) < 4.78 is 2.51.